The zero-order valence-corrected chi connectivity index (χ0v) is 13.8. The summed E-state index contributed by atoms with van der Waals surface area (Å²) in [5.74, 6) is 1.38. The number of methoxy groups -OCH3 is 1. The number of amides is 1. The van der Waals surface area contributed by atoms with Crippen LogP contribution in [-0.4, -0.2) is 29.6 Å². The Morgan fingerprint density at radius 1 is 1.48 bits per heavy atom. The summed E-state index contributed by atoms with van der Waals surface area (Å²) < 4.78 is 10.2. The van der Waals surface area contributed by atoms with Crippen LogP contribution >= 0.6 is 11.6 Å². The number of hydrogen-bond acceptors (Lipinski definition) is 4. The molecule has 0 N–H and O–H groups in total. The third kappa shape index (κ3) is 5.14. The molecular weight excluding hydrogens is 316 g/mol. The average molecular weight is 335 g/mol. The molecule has 2 aromatic rings. The van der Waals surface area contributed by atoms with E-state index in [1.165, 1.54) is 0 Å². The molecule has 2 rings (SSSR count). The van der Waals surface area contributed by atoms with Gasteiger partial charge in [0.05, 0.1) is 7.11 Å². The van der Waals surface area contributed by atoms with Crippen molar-refractivity contribution < 1.29 is 14.1 Å². The van der Waals surface area contributed by atoms with E-state index in [0.29, 0.717) is 36.8 Å². The maximum atomic E-state index is 12.4. The molecular formula is C17H19ClN2O3. The summed E-state index contributed by atoms with van der Waals surface area (Å²) >= 11 is 5.70. The fourth-order valence-electron chi connectivity index (χ4n) is 2.20. The number of aromatic nitrogens is 1. The topological polar surface area (TPSA) is 55.6 Å². The Labute approximate surface area is 140 Å². The van der Waals surface area contributed by atoms with Crippen LogP contribution in [0.2, 0.25) is 5.15 Å². The minimum Gasteiger partial charge on any atom is -0.497 e. The van der Waals surface area contributed by atoms with E-state index in [-0.39, 0.29) is 5.91 Å². The smallest absolute Gasteiger partial charge is 0.223 e. The van der Waals surface area contributed by atoms with Crippen LogP contribution in [0.3, 0.4) is 0 Å². The van der Waals surface area contributed by atoms with Crippen molar-refractivity contribution in [2.45, 2.75) is 19.4 Å². The summed E-state index contributed by atoms with van der Waals surface area (Å²) in [5, 5.41) is 3.90. The van der Waals surface area contributed by atoms with Crippen LogP contribution in [0.25, 0.3) is 0 Å². The number of ether oxygens (including phenoxy) is 1. The van der Waals surface area contributed by atoms with Crippen LogP contribution in [0.1, 0.15) is 17.7 Å². The molecule has 0 radical (unpaired) electrons. The van der Waals surface area contributed by atoms with E-state index in [1.807, 2.05) is 24.3 Å². The molecule has 0 unspecified atom stereocenters. The molecule has 1 aromatic carbocycles. The van der Waals surface area contributed by atoms with E-state index in [9.17, 15) is 4.79 Å². The predicted molar refractivity (Wildman–Crippen MR) is 88.4 cm³/mol. The number of nitrogens with zero attached hydrogens (tertiary/aromatic N) is 2. The maximum Gasteiger partial charge on any atom is 0.223 e. The summed E-state index contributed by atoms with van der Waals surface area (Å²) in [6, 6.07) is 9.27. The van der Waals surface area contributed by atoms with Gasteiger partial charge in [-0.3, -0.25) is 4.79 Å². The van der Waals surface area contributed by atoms with Crippen LogP contribution in [-0.2, 0) is 17.8 Å². The lowest BCUT2D eigenvalue weighted by Crippen LogP contribution is -2.30. The van der Waals surface area contributed by atoms with Crippen LogP contribution in [0.4, 0.5) is 0 Å². The monoisotopic (exact) mass is 334 g/mol. The maximum absolute atomic E-state index is 12.4. The normalized spacial score (nSPS) is 10.3. The number of aryl methyl sites for hydroxylation is 1. The van der Waals surface area contributed by atoms with E-state index in [0.717, 1.165) is 11.3 Å². The van der Waals surface area contributed by atoms with Gasteiger partial charge in [-0.1, -0.05) is 35.0 Å². The highest BCUT2D eigenvalue weighted by Gasteiger charge is 2.14. The molecule has 0 fully saturated rings. The molecule has 0 saturated heterocycles. The number of halogens is 1. The molecule has 1 aromatic heterocycles. The number of hydrogen-bond donors (Lipinski definition) is 0. The highest BCUT2D eigenvalue weighted by molar-refractivity contribution is 6.29. The highest BCUT2D eigenvalue weighted by atomic mass is 35.5. The van der Waals surface area contributed by atoms with Crippen molar-refractivity contribution >= 4 is 17.5 Å². The molecule has 0 bridgehead atoms. The molecule has 1 heterocycles. The largest absolute Gasteiger partial charge is 0.497 e. The Bertz CT molecular complexity index is 669. The third-order valence-corrected chi connectivity index (χ3v) is 3.50. The lowest BCUT2D eigenvalue weighted by molar-refractivity contribution is -0.131. The van der Waals surface area contributed by atoms with Gasteiger partial charge in [0.25, 0.3) is 0 Å². The Morgan fingerprint density at radius 3 is 2.96 bits per heavy atom. The van der Waals surface area contributed by atoms with Crippen molar-refractivity contribution in [3.8, 4) is 5.75 Å². The van der Waals surface area contributed by atoms with Gasteiger partial charge in [-0.25, -0.2) is 0 Å². The standard InChI is InChI=1S/C17H19ClN2O3/c1-3-9-20(12-13-5-4-6-14(10-13)22-2)17(21)8-7-15-11-16(18)19-23-15/h3-6,10-11H,1,7-9,12H2,2H3. The summed E-state index contributed by atoms with van der Waals surface area (Å²) in [5.41, 5.74) is 1.00. The van der Waals surface area contributed by atoms with Crippen molar-refractivity contribution in [1.29, 1.82) is 0 Å². The van der Waals surface area contributed by atoms with E-state index in [2.05, 4.69) is 11.7 Å². The lowest BCUT2D eigenvalue weighted by Gasteiger charge is -2.21. The highest BCUT2D eigenvalue weighted by Crippen LogP contribution is 2.16. The van der Waals surface area contributed by atoms with Gasteiger partial charge in [0, 0.05) is 32.0 Å². The molecule has 5 nitrogen and oxygen atoms in total. The zero-order chi connectivity index (χ0) is 16.7. The third-order valence-electron chi connectivity index (χ3n) is 3.33. The number of carbonyl (C=O) groups excluding carboxylic acids is 1. The van der Waals surface area contributed by atoms with Gasteiger partial charge in [-0.15, -0.1) is 6.58 Å². The van der Waals surface area contributed by atoms with Crippen molar-refractivity contribution in [2.75, 3.05) is 13.7 Å². The van der Waals surface area contributed by atoms with E-state index >= 15 is 0 Å². The van der Waals surface area contributed by atoms with Gasteiger partial charge >= 0.3 is 0 Å². The quantitative estimate of drug-likeness (QED) is 0.693. The Morgan fingerprint density at radius 2 is 2.30 bits per heavy atom. The van der Waals surface area contributed by atoms with Crippen molar-refractivity contribution in [2.24, 2.45) is 0 Å². The Hall–Kier alpha value is -2.27. The fraction of sp³-hybridized carbons (Fsp3) is 0.294. The molecule has 23 heavy (non-hydrogen) atoms. The van der Waals surface area contributed by atoms with Gasteiger partial charge in [0.1, 0.15) is 11.5 Å². The molecule has 1 amide bonds. The molecule has 122 valence electrons. The molecule has 0 spiro atoms. The first-order valence-electron chi connectivity index (χ1n) is 7.25. The van der Waals surface area contributed by atoms with Gasteiger partial charge in [-0.2, -0.15) is 0 Å². The van der Waals surface area contributed by atoms with Crippen LogP contribution < -0.4 is 4.74 Å². The van der Waals surface area contributed by atoms with Crippen molar-refractivity contribution in [3.05, 3.63) is 59.5 Å². The summed E-state index contributed by atoms with van der Waals surface area (Å²) in [6.45, 7) is 4.69. The zero-order valence-electron chi connectivity index (χ0n) is 13.0. The van der Waals surface area contributed by atoms with Crippen molar-refractivity contribution in [1.82, 2.24) is 10.1 Å². The molecule has 0 atom stereocenters. The van der Waals surface area contributed by atoms with Gasteiger partial charge in [0.15, 0.2) is 5.15 Å². The average Bonchev–Trinajstić information content (AvgIpc) is 2.98. The van der Waals surface area contributed by atoms with Crippen LogP contribution in [0.15, 0.2) is 47.5 Å². The minimum absolute atomic E-state index is 0.0141. The van der Waals surface area contributed by atoms with Gasteiger partial charge < -0.3 is 14.2 Å². The second kappa shape index (κ2) is 8.39. The molecule has 0 aliphatic rings. The predicted octanol–water partition coefficient (Wildman–Crippen LogP) is 3.48. The van der Waals surface area contributed by atoms with Gasteiger partial charge in [-0.05, 0) is 17.7 Å². The van der Waals surface area contributed by atoms with Gasteiger partial charge in [0.2, 0.25) is 5.91 Å². The molecule has 0 aliphatic heterocycles. The number of benzene rings is 1. The Balaban J connectivity index is 1.98. The molecule has 6 heteroatoms. The van der Waals surface area contributed by atoms with Crippen molar-refractivity contribution in [3.63, 3.8) is 0 Å². The Kier molecular flexibility index (Phi) is 6.23. The summed E-state index contributed by atoms with van der Waals surface area (Å²) in [4.78, 5) is 14.2. The summed E-state index contributed by atoms with van der Waals surface area (Å²) in [7, 11) is 1.62. The summed E-state index contributed by atoms with van der Waals surface area (Å²) in [6.07, 6.45) is 2.50. The first kappa shape index (κ1) is 17.1. The second-order valence-corrected chi connectivity index (χ2v) is 5.42. The minimum atomic E-state index is 0.0141. The lowest BCUT2D eigenvalue weighted by atomic mass is 10.1. The van der Waals surface area contributed by atoms with E-state index in [4.69, 9.17) is 20.9 Å². The fourth-order valence-corrected chi connectivity index (χ4v) is 2.35. The first-order chi connectivity index (χ1) is 11.1. The first-order valence-corrected chi connectivity index (χ1v) is 7.63. The van der Waals surface area contributed by atoms with E-state index < -0.39 is 0 Å². The number of rotatable bonds is 8. The molecule has 0 aliphatic carbocycles. The van der Waals surface area contributed by atoms with E-state index in [1.54, 1.807) is 24.2 Å². The number of carbonyl (C=O) groups is 1. The molecule has 0 saturated carbocycles. The van der Waals surface area contributed by atoms with Crippen LogP contribution in [0.5, 0.6) is 5.75 Å². The second-order valence-electron chi connectivity index (χ2n) is 5.03. The van der Waals surface area contributed by atoms with Crippen LogP contribution in [0, 0.1) is 0 Å². The SMILES string of the molecule is C=CCN(Cc1cccc(OC)c1)C(=O)CCc1cc(Cl)no1.